The third-order valence-corrected chi connectivity index (χ3v) is 5.96. The van der Waals surface area contributed by atoms with Gasteiger partial charge in [-0.25, -0.2) is 0 Å². The van der Waals surface area contributed by atoms with Crippen molar-refractivity contribution in [1.29, 1.82) is 0 Å². The van der Waals surface area contributed by atoms with Crippen molar-refractivity contribution in [2.75, 3.05) is 13.1 Å². The van der Waals surface area contributed by atoms with E-state index in [-0.39, 0.29) is 11.7 Å². The van der Waals surface area contributed by atoms with E-state index in [9.17, 15) is 9.59 Å². The molecule has 2 aromatic carbocycles. The maximum absolute atomic E-state index is 12.8. The van der Waals surface area contributed by atoms with E-state index in [1.807, 2.05) is 0 Å². The fourth-order valence-corrected chi connectivity index (χ4v) is 4.36. The standard InChI is InChI=1S/C20H16Cl3NO3/c21-12-2-4-18-15(9-12)17(25)11-20(27-18)5-7-24(8-6-20)19(26)14-3-1-13(22)10-16(14)23/h1-4,9-10H,5-8,11H2. The molecule has 140 valence electrons. The van der Waals surface area contributed by atoms with Crippen LogP contribution in [-0.2, 0) is 0 Å². The van der Waals surface area contributed by atoms with Crippen LogP contribution in [0.5, 0.6) is 5.75 Å². The molecule has 4 rings (SSSR count). The Bertz CT molecular complexity index is 936. The van der Waals surface area contributed by atoms with Gasteiger partial charge in [-0.15, -0.1) is 0 Å². The molecule has 0 radical (unpaired) electrons. The maximum atomic E-state index is 12.8. The quantitative estimate of drug-likeness (QED) is 0.625. The van der Waals surface area contributed by atoms with Gasteiger partial charge in [0.1, 0.15) is 11.4 Å². The molecular formula is C20H16Cl3NO3. The molecule has 2 aromatic rings. The van der Waals surface area contributed by atoms with Crippen LogP contribution in [0, 0.1) is 0 Å². The number of Topliss-reactive ketones (excluding diaryl/α,β-unsaturated/α-hetero) is 1. The highest BCUT2D eigenvalue weighted by Crippen LogP contribution is 2.40. The van der Waals surface area contributed by atoms with Gasteiger partial charge in [-0.3, -0.25) is 9.59 Å². The van der Waals surface area contributed by atoms with Crippen molar-refractivity contribution in [3.63, 3.8) is 0 Å². The summed E-state index contributed by atoms with van der Waals surface area (Å²) in [6.07, 6.45) is 1.46. The molecule has 2 heterocycles. The fraction of sp³-hybridized carbons (Fsp3) is 0.300. The molecule has 7 heteroatoms. The average Bonchev–Trinajstić information content (AvgIpc) is 2.63. The number of benzene rings is 2. The lowest BCUT2D eigenvalue weighted by atomic mass is 9.82. The zero-order valence-electron chi connectivity index (χ0n) is 14.3. The minimum Gasteiger partial charge on any atom is -0.486 e. The third-order valence-electron chi connectivity index (χ3n) is 5.17. The fourth-order valence-electron chi connectivity index (χ4n) is 3.70. The largest absolute Gasteiger partial charge is 0.486 e. The van der Waals surface area contributed by atoms with Crippen LogP contribution in [0.4, 0.5) is 0 Å². The number of ketones is 1. The minimum absolute atomic E-state index is 0.0271. The number of halogens is 3. The summed E-state index contributed by atoms with van der Waals surface area (Å²) in [7, 11) is 0. The number of likely N-dealkylation sites (tertiary alicyclic amines) is 1. The van der Waals surface area contributed by atoms with Gasteiger partial charge in [0.25, 0.3) is 5.91 Å². The molecule has 1 fully saturated rings. The summed E-state index contributed by atoms with van der Waals surface area (Å²) < 4.78 is 6.20. The number of rotatable bonds is 1. The van der Waals surface area contributed by atoms with E-state index in [0.717, 1.165) is 0 Å². The number of piperidine rings is 1. The first kappa shape index (κ1) is 18.6. The van der Waals surface area contributed by atoms with E-state index in [1.54, 1.807) is 41.3 Å². The molecule has 2 aliphatic heterocycles. The van der Waals surface area contributed by atoms with Gasteiger partial charge in [-0.05, 0) is 36.4 Å². The summed E-state index contributed by atoms with van der Waals surface area (Å²) in [5.74, 6) is 0.455. The van der Waals surface area contributed by atoms with E-state index in [2.05, 4.69) is 0 Å². The second-order valence-corrected chi connectivity index (χ2v) is 8.22. The number of carbonyl (C=O) groups is 2. The number of nitrogens with zero attached hydrogens (tertiary/aromatic N) is 1. The Morgan fingerprint density at radius 2 is 1.67 bits per heavy atom. The molecule has 1 spiro atoms. The highest BCUT2D eigenvalue weighted by Gasteiger charge is 2.43. The number of hydrogen-bond acceptors (Lipinski definition) is 3. The molecule has 0 unspecified atom stereocenters. The van der Waals surface area contributed by atoms with Crippen LogP contribution in [-0.4, -0.2) is 35.3 Å². The van der Waals surface area contributed by atoms with Crippen LogP contribution in [0.1, 0.15) is 40.0 Å². The lowest BCUT2D eigenvalue weighted by Crippen LogP contribution is -2.52. The van der Waals surface area contributed by atoms with Gasteiger partial charge < -0.3 is 9.64 Å². The molecule has 0 bridgehead atoms. The number of hydrogen-bond donors (Lipinski definition) is 0. The van der Waals surface area contributed by atoms with Crippen molar-refractivity contribution < 1.29 is 14.3 Å². The minimum atomic E-state index is -0.571. The average molecular weight is 425 g/mol. The number of amides is 1. The van der Waals surface area contributed by atoms with Crippen molar-refractivity contribution in [3.05, 3.63) is 62.6 Å². The topological polar surface area (TPSA) is 46.6 Å². The van der Waals surface area contributed by atoms with E-state index in [4.69, 9.17) is 39.5 Å². The summed E-state index contributed by atoms with van der Waals surface area (Å²) in [6, 6.07) is 9.95. The predicted octanol–water partition coefficient (Wildman–Crippen LogP) is 5.29. The Hall–Kier alpha value is -1.75. The third kappa shape index (κ3) is 3.54. The van der Waals surface area contributed by atoms with E-state index in [0.29, 0.717) is 64.3 Å². The molecule has 4 nitrogen and oxygen atoms in total. The summed E-state index contributed by atoms with van der Waals surface area (Å²) in [4.78, 5) is 27.1. The SMILES string of the molecule is O=C1CC2(CCN(C(=O)c3ccc(Cl)cc3Cl)CC2)Oc2ccc(Cl)cc21. The monoisotopic (exact) mass is 423 g/mol. The van der Waals surface area contributed by atoms with Crippen LogP contribution < -0.4 is 4.74 Å². The summed E-state index contributed by atoms with van der Waals surface area (Å²) >= 11 is 18.0. The Morgan fingerprint density at radius 3 is 2.37 bits per heavy atom. The van der Waals surface area contributed by atoms with Gasteiger partial charge in [-0.1, -0.05) is 34.8 Å². The molecule has 1 saturated heterocycles. The maximum Gasteiger partial charge on any atom is 0.255 e. The highest BCUT2D eigenvalue weighted by molar-refractivity contribution is 6.36. The number of ether oxygens (including phenoxy) is 1. The van der Waals surface area contributed by atoms with Crippen molar-refractivity contribution in [2.24, 2.45) is 0 Å². The van der Waals surface area contributed by atoms with Gasteiger partial charge in [0.2, 0.25) is 0 Å². The van der Waals surface area contributed by atoms with Crippen molar-refractivity contribution in [3.8, 4) is 5.75 Å². The Labute approximate surface area is 172 Å². The van der Waals surface area contributed by atoms with Crippen molar-refractivity contribution >= 4 is 46.5 Å². The van der Waals surface area contributed by atoms with E-state index in [1.165, 1.54) is 0 Å². The van der Waals surface area contributed by atoms with Crippen molar-refractivity contribution in [1.82, 2.24) is 4.90 Å². The van der Waals surface area contributed by atoms with Crippen molar-refractivity contribution in [2.45, 2.75) is 24.9 Å². The molecular weight excluding hydrogens is 409 g/mol. The molecule has 0 atom stereocenters. The smallest absolute Gasteiger partial charge is 0.255 e. The Morgan fingerprint density at radius 1 is 1.00 bits per heavy atom. The van der Waals surface area contributed by atoms with Crippen LogP contribution in [0.15, 0.2) is 36.4 Å². The van der Waals surface area contributed by atoms with Gasteiger partial charge in [0.15, 0.2) is 5.78 Å². The van der Waals surface area contributed by atoms with Crippen LogP contribution in [0.25, 0.3) is 0 Å². The molecule has 0 aromatic heterocycles. The number of fused-ring (bicyclic) bond motifs is 1. The molecule has 27 heavy (non-hydrogen) atoms. The first-order valence-corrected chi connectivity index (χ1v) is 9.76. The summed E-state index contributed by atoms with van der Waals surface area (Å²) in [6.45, 7) is 0.988. The molecule has 0 aliphatic carbocycles. The second kappa shape index (κ2) is 7.01. The zero-order valence-corrected chi connectivity index (χ0v) is 16.6. The van der Waals surface area contributed by atoms with Gasteiger partial charge in [-0.2, -0.15) is 0 Å². The lowest BCUT2D eigenvalue weighted by molar-refractivity contribution is -0.00569. The van der Waals surface area contributed by atoms with Crippen LogP contribution >= 0.6 is 34.8 Å². The van der Waals surface area contributed by atoms with Crippen LogP contribution in [0.3, 0.4) is 0 Å². The van der Waals surface area contributed by atoms with Gasteiger partial charge in [0, 0.05) is 36.0 Å². The summed E-state index contributed by atoms with van der Waals surface area (Å²) in [5.41, 5.74) is 0.385. The lowest BCUT2D eigenvalue weighted by Gasteiger charge is -2.44. The molecule has 0 N–H and O–H groups in total. The van der Waals surface area contributed by atoms with E-state index >= 15 is 0 Å². The normalized spacial score (nSPS) is 18.2. The van der Waals surface area contributed by atoms with Crippen LogP contribution in [0.2, 0.25) is 15.1 Å². The zero-order chi connectivity index (χ0) is 19.2. The summed E-state index contributed by atoms with van der Waals surface area (Å²) in [5, 5.41) is 1.34. The molecule has 2 aliphatic rings. The van der Waals surface area contributed by atoms with E-state index < -0.39 is 5.60 Å². The Balaban J connectivity index is 1.50. The number of carbonyl (C=O) groups excluding carboxylic acids is 2. The first-order chi connectivity index (χ1) is 12.9. The second-order valence-electron chi connectivity index (χ2n) is 6.94. The predicted molar refractivity (Wildman–Crippen MR) is 105 cm³/mol. The van der Waals surface area contributed by atoms with Gasteiger partial charge >= 0.3 is 0 Å². The van der Waals surface area contributed by atoms with Gasteiger partial charge in [0.05, 0.1) is 22.6 Å². The Kier molecular flexibility index (Phi) is 4.83. The molecule has 1 amide bonds. The highest BCUT2D eigenvalue weighted by atomic mass is 35.5. The molecule has 0 saturated carbocycles. The first-order valence-electron chi connectivity index (χ1n) is 8.63.